The van der Waals surface area contributed by atoms with E-state index in [-0.39, 0.29) is 0 Å². The summed E-state index contributed by atoms with van der Waals surface area (Å²) in [6.45, 7) is 0. The average molecular weight is 161 g/mol. The summed E-state index contributed by atoms with van der Waals surface area (Å²) < 4.78 is 0. The highest BCUT2D eigenvalue weighted by molar-refractivity contribution is 4.94. The molecule has 0 aliphatic heterocycles. The average Bonchev–Trinajstić information content (AvgIpc) is 2.05. The molecule has 65 valence electrons. The van der Waals surface area contributed by atoms with Crippen molar-refractivity contribution in [3.63, 3.8) is 0 Å². The van der Waals surface area contributed by atoms with Crippen molar-refractivity contribution in [2.24, 2.45) is 0 Å². The largest absolute Gasteiger partial charge is 0.0882 e. The van der Waals surface area contributed by atoms with Crippen molar-refractivity contribution in [3.05, 3.63) is 36.5 Å². The van der Waals surface area contributed by atoms with Crippen molar-refractivity contribution in [2.45, 2.75) is 38.5 Å². The Morgan fingerprint density at radius 3 is 2.58 bits per heavy atom. The van der Waals surface area contributed by atoms with Gasteiger partial charge < -0.3 is 0 Å². The molecule has 1 radical (unpaired) electrons. The zero-order chi connectivity index (χ0) is 8.49. The molecule has 0 aromatic heterocycles. The van der Waals surface area contributed by atoms with Crippen LogP contribution in [0.5, 0.6) is 0 Å². The van der Waals surface area contributed by atoms with Gasteiger partial charge in [0.2, 0.25) is 0 Å². The molecule has 0 aromatic carbocycles. The second kappa shape index (κ2) is 6.90. The van der Waals surface area contributed by atoms with E-state index in [2.05, 4.69) is 36.5 Å². The zero-order valence-electron chi connectivity index (χ0n) is 7.63. The van der Waals surface area contributed by atoms with Gasteiger partial charge >= 0.3 is 0 Å². The fraction of sp³-hybridized carbons (Fsp3) is 0.500. The second-order valence-corrected chi connectivity index (χ2v) is 3.06. The monoisotopic (exact) mass is 161 g/mol. The van der Waals surface area contributed by atoms with Crippen molar-refractivity contribution in [2.75, 3.05) is 0 Å². The highest BCUT2D eigenvalue weighted by atomic mass is 13.9. The van der Waals surface area contributed by atoms with Crippen LogP contribution in [0.4, 0.5) is 0 Å². The van der Waals surface area contributed by atoms with Crippen molar-refractivity contribution in [1.29, 1.82) is 0 Å². The summed E-state index contributed by atoms with van der Waals surface area (Å²) in [5.41, 5.74) is 0. The van der Waals surface area contributed by atoms with Crippen molar-refractivity contribution in [3.8, 4) is 0 Å². The van der Waals surface area contributed by atoms with Gasteiger partial charge in [0, 0.05) is 0 Å². The lowest BCUT2D eigenvalue weighted by Gasteiger charge is -1.92. The molecule has 1 aliphatic rings. The first-order valence-electron chi connectivity index (χ1n) is 4.85. The molecule has 0 unspecified atom stereocenters. The van der Waals surface area contributed by atoms with Crippen molar-refractivity contribution < 1.29 is 0 Å². The van der Waals surface area contributed by atoms with Gasteiger partial charge in [-0.3, -0.25) is 0 Å². The SMILES string of the molecule is [C]1=C/CC/C=C/C/C=C\CCC/1. The van der Waals surface area contributed by atoms with Gasteiger partial charge in [-0.15, -0.1) is 0 Å². The first kappa shape index (κ1) is 9.31. The number of hydrogen-bond acceptors (Lipinski definition) is 0. The first-order chi connectivity index (χ1) is 6.00. The maximum atomic E-state index is 3.31. The van der Waals surface area contributed by atoms with Gasteiger partial charge in [-0.25, -0.2) is 0 Å². The molecule has 1 aliphatic carbocycles. The fourth-order valence-electron chi connectivity index (χ4n) is 1.21. The van der Waals surface area contributed by atoms with Crippen LogP contribution >= 0.6 is 0 Å². The van der Waals surface area contributed by atoms with Crippen LogP contribution in [-0.4, -0.2) is 0 Å². The topological polar surface area (TPSA) is 0 Å². The van der Waals surface area contributed by atoms with Gasteiger partial charge in [0.1, 0.15) is 0 Å². The maximum absolute atomic E-state index is 3.31. The molecule has 0 saturated heterocycles. The van der Waals surface area contributed by atoms with E-state index in [4.69, 9.17) is 0 Å². The summed E-state index contributed by atoms with van der Waals surface area (Å²) >= 11 is 0. The minimum atomic E-state index is 1.10. The molecule has 0 nitrogen and oxygen atoms in total. The quantitative estimate of drug-likeness (QED) is 0.474. The highest BCUT2D eigenvalue weighted by Gasteiger charge is 1.83. The minimum absolute atomic E-state index is 1.10. The molecule has 0 fully saturated rings. The Labute approximate surface area is 75.7 Å². The van der Waals surface area contributed by atoms with E-state index in [1.165, 1.54) is 19.3 Å². The van der Waals surface area contributed by atoms with Gasteiger partial charge in [-0.05, 0) is 44.6 Å². The molecule has 0 spiro atoms. The Hall–Kier alpha value is -0.780. The van der Waals surface area contributed by atoms with E-state index < -0.39 is 0 Å². The van der Waals surface area contributed by atoms with Gasteiger partial charge in [-0.1, -0.05) is 30.4 Å². The Morgan fingerprint density at radius 2 is 1.67 bits per heavy atom. The molecule has 0 saturated carbocycles. The molecule has 0 amide bonds. The number of rotatable bonds is 0. The molecule has 0 heterocycles. The lowest BCUT2D eigenvalue weighted by molar-refractivity contribution is 0.844. The Bertz CT molecular complexity index is 172. The van der Waals surface area contributed by atoms with Gasteiger partial charge in [-0.2, -0.15) is 0 Å². The first-order valence-corrected chi connectivity index (χ1v) is 4.85. The standard InChI is InChI=1S/C12H17/c1-2-4-6-8-10-12-11-9-7-5-3-1/h1-2,5,7-8H,3-4,6,9,11-12H2/b2-1+,7-5-,10-8?. The molecule has 0 N–H and O–H groups in total. The predicted molar refractivity (Wildman–Crippen MR) is 53.8 cm³/mol. The van der Waals surface area contributed by atoms with Crippen LogP contribution in [0.3, 0.4) is 0 Å². The predicted octanol–water partition coefficient (Wildman–Crippen LogP) is 3.81. The summed E-state index contributed by atoms with van der Waals surface area (Å²) in [5, 5.41) is 0. The van der Waals surface area contributed by atoms with Crippen LogP contribution in [0.25, 0.3) is 0 Å². The van der Waals surface area contributed by atoms with Crippen molar-refractivity contribution in [1.82, 2.24) is 0 Å². The Morgan fingerprint density at radius 1 is 0.833 bits per heavy atom. The maximum Gasteiger partial charge on any atom is -0.0169 e. The van der Waals surface area contributed by atoms with Crippen LogP contribution in [0, 0.1) is 6.08 Å². The molecule has 0 bridgehead atoms. The Kier molecular flexibility index (Phi) is 5.35. The molecular weight excluding hydrogens is 144 g/mol. The molecular formula is C12H17. The summed E-state index contributed by atoms with van der Waals surface area (Å²) in [7, 11) is 0. The van der Waals surface area contributed by atoms with E-state index in [1.807, 2.05) is 0 Å². The van der Waals surface area contributed by atoms with Gasteiger partial charge in [0.15, 0.2) is 0 Å². The summed E-state index contributed by atoms with van der Waals surface area (Å²) in [6, 6.07) is 0. The molecule has 0 atom stereocenters. The van der Waals surface area contributed by atoms with Crippen LogP contribution < -0.4 is 0 Å². The molecule has 0 aromatic rings. The van der Waals surface area contributed by atoms with Crippen LogP contribution in [0.15, 0.2) is 30.4 Å². The lowest BCUT2D eigenvalue weighted by atomic mass is 10.1. The third-order valence-corrected chi connectivity index (χ3v) is 1.92. The van der Waals surface area contributed by atoms with E-state index in [0.29, 0.717) is 0 Å². The lowest BCUT2D eigenvalue weighted by Crippen LogP contribution is -1.73. The van der Waals surface area contributed by atoms with Crippen LogP contribution in [0.2, 0.25) is 0 Å². The van der Waals surface area contributed by atoms with E-state index in [1.54, 1.807) is 0 Å². The molecule has 1 rings (SSSR count). The Balaban J connectivity index is 2.30. The van der Waals surface area contributed by atoms with Crippen molar-refractivity contribution >= 4 is 0 Å². The summed E-state index contributed by atoms with van der Waals surface area (Å²) in [5.74, 6) is 0. The normalized spacial score (nSPS) is 28.0. The van der Waals surface area contributed by atoms with E-state index in [9.17, 15) is 0 Å². The zero-order valence-corrected chi connectivity index (χ0v) is 7.63. The molecule has 12 heavy (non-hydrogen) atoms. The van der Waals surface area contributed by atoms with Gasteiger partial charge in [0.05, 0.1) is 0 Å². The fourth-order valence-corrected chi connectivity index (χ4v) is 1.21. The third kappa shape index (κ3) is 4.95. The second-order valence-electron chi connectivity index (χ2n) is 3.06. The smallest absolute Gasteiger partial charge is 0.0169 e. The summed E-state index contributed by atoms with van der Waals surface area (Å²) in [6.07, 6.45) is 21.5. The van der Waals surface area contributed by atoms with E-state index in [0.717, 1.165) is 19.3 Å². The van der Waals surface area contributed by atoms with Crippen LogP contribution in [-0.2, 0) is 0 Å². The highest BCUT2D eigenvalue weighted by Crippen LogP contribution is 2.02. The van der Waals surface area contributed by atoms with E-state index >= 15 is 0 Å². The minimum Gasteiger partial charge on any atom is -0.0882 e. The third-order valence-electron chi connectivity index (χ3n) is 1.92. The van der Waals surface area contributed by atoms with Crippen LogP contribution in [0.1, 0.15) is 38.5 Å². The summed E-state index contributed by atoms with van der Waals surface area (Å²) in [4.78, 5) is 0. The number of hydrogen-bond donors (Lipinski definition) is 0. The van der Waals surface area contributed by atoms with Gasteiger partial charge in [0.25, 0.3) is 0 Å². The number of allylic oxidation sites excluding steroid dienone is 6. The molecule has 0 heteroatoms.